The van der Waals surface area contributed by atoms with E-state index in [1.165, 1.54) is 18.7 Å². The van der Waals surface area contributed by atoms with Gasteiger partial charge < -0.3 is 36.4 Å². The van der Waals surface area contributed by atoms with Gasteiger partial charge in [-0.3, -0.25) is 28.8 Å². The molecule has 2 fully saturated rings. The second-order valence-corrected chi connectivity index (χ2v) is 9.50. The number of carboxylic acids is 1. The first-order valence-electron chi connectivity index (χ1n) is 11.7. The average Bonchev–Trinajstić information content (AvgIpc) is 3.24. The van der Waals surface area contributed by atoms with Crippen LogP contribution in [0.5, 0.6) is 0 Å². The van der Waals surface area contributed by atoms with Crippen LogP contribution in [0.1, 0.15) is 53.4 Å². The highest BCUT2D eigenvalue weighted by Gasteiger charge is 2.41. The van der Waals surface area contributed by atoms with Crippen molar-refractivity contribution in [2.24, 2.45) is 5.92 Å². The number of aliphatic carboxylic acids is 1. The molecule has 0 unspecified atom stereocenters. The molecule has 0 spiro atoms. The zero-order valence-electron chi connectivity index (χ0n) is 20.4. The van der Waals surface area contributed by atoms with Gasteiger partial charge in [-0.05, 0) is 39.0 Å². The van der Waals surface area contributed by atoms with E-state index in [0.717, 1.165) is 0 Å². The number of aliphatic hydroxyl groups is 1. The number of nitrogens with zero attached hydrogens (tertiary/aromatic N) is 1. The number of aliphatic hydroxyl groups excluding tert-OH is 1. The van der Waals surface area contributed by atoms with E-state index in [9.17, 15) is 39.0 Å². The number of nitrogens with one attached hydrogen (secondary N) is 4. The summed E-state index contributed by atoms with van der Waals surface area (Å²) in [4.78, 5) is 77.4. The van der Waals surface area contributed by atoms with Crippen LogP contribution in [-0.2, 0) is 28.8 Å². The molecule has 0 aromatic rings. The number of rotatable bonds is 5. The van der Waals surface area contributed by atoms with Crippen molar-refractivity contribution in [2.75, 3.05) is 6.54 Å². The smallest absolute Gasteiger partial charge is 0.305 e. The van der Waals surface area contributed by atoms with Crippen LogP contribution in [0.3, 0.4) is 0 Å². The summed E-state index contributed by atoms with van der Waals surface area (Å²) in [6, 6.07) is -6.10. The van der Waals surface area contributed by atoms with Crippen LogP contribution in [0.25, 0.3) is 0 Å². The highest BCUT2D eigenvalue weighted by Crippen LogP contribution is 2.20. The van der Waals surface area contributed by atoms with Crippen LogP contribution in [0.4, 0.5) is 0 Å². The van der Waals surface area contributed by atoms with Crippen LogP contribution in [0, 0.1) is 5.92 Å². The number of carbonyl (C=O) groups is 6. The lowest BCUT2D eigenvalue weighted by molar-refractivity contribution is -0.145. The molecule has 2 aliphatic heterocycles. The van der Waals surface area contributed by atoms with Crippen molar-refractivity contribution in [1.29, 1.82) is 0 Å². The molecule has 0 aromatic heterocycles. The first-order valence-corrected chi connectivity index (χ1v) is 11.7. The molecule has 2 saturated heterocycles. The van der Waals surface area contributed by atoms with Gasteiger partial charge in [-0.15, -0.1) is 0 Å². The molecule has 0 aliphatic carbocycles. The largest absolute Gasteiger partial charge is 0.481 e. The van der Waals surface area contributed by atoms with Crippen molar-refractivity contribution < 1.29 is 39.0 Å². The maximum atomic E-state index is 13.2. The average molecular weight is 498 g/mol. The van der Waals surface area contributed by atoms with Gasteiger partial charge in [0.15, 0.2) is 0 Å². The number of amides is 5. The standard InChI is InChI=1S/C22H35N5O8/c1-10(2)8-13-19(32)25-14(9-16(29)30)20(33)26-17(12(4)28)22(35)27-7-5-6-15(27)21(34)23-11(3)18(31)24-13/h10-15,17,28H,5-9H2,1-4H3,(H,23,34)(H,24,31)(H,25,32)(H,26,33)(H,29,30)/t11-,12+,13-,14-,15+,17-/m0/s1. The molecule has 13 nitrogen and oxygen atoms in total. The van der Waals surface area contributed by atoms with E-state index in [2.05, 4.69) is 21.3 Å². The van der Waals surface area contributed by atoms with Crippen molar-refractivity contribution in [3.05, 3.63) is 0 Å². The highest BCUT2D eigenvalue weighted by atomic mass is 16.4. The van der Waals surface area contributed by atoms with Gasteiger partial charge in [0.1, 0.15) is 30.2 Å². The van der Waals surface area contributed by atoms with Gasteiger partial charge in [-0.2, -0.15) is 0 Å². The molecular weight excluding hydrogens is 462 g/mol. The first kappa shape index (κ1) is 28.0. The number of hydrogen-bond acceptors (Lipinski definition) is 7. The summed E-state index contributed by atoms with van der Waals surface area (Å²) in [5, 5.41) is 29.3. The second kappa shape index (κ2) is 12.0. The molecule has 6 N–H and O–H groups in total. The van der Waals surface area contributed by atoms with Gasteiger partial charge in [-0.25, -0.2) is 0 Å². The normalized spacial score (nSPS) is 29.8. The van der Waals surface area contributed by atoms with Crippen molar-refractivity contribution in [2.45, 2.75) is 89.7 Å². The summed E-state index contributed by atoms with van der Waals surface area (Å²) in [5.41, 5.74) is 0. The number of carboxylic acid groups (broad SMARTS) is 1. The Bertz CT molecular complexity index is 861. The van der Waals surface area contributed by atoms with Crippen molar-refractivity contribution in [3.63, 3.8) is 0 Å². The first-order chi connectivity index (χ1) is 16.3. The summed E-state index contributed by atoms with van der Waals surface area (Å²) in [6.07, 6.45) is -1.15. The van der Waals surface area contributed by atoms with Crippen LogP contribution >= 0.6 is 0 Å². The topological polar surface area (TPSA) is 194 Å². The monoisotopic (exact) mass is 497 g/mol. The number of carbonyl (C=O) groups excluding carboxylic acids is 5. The third-order valence-corrected chi connectivity index (χ3v) is 5.99. The Hall–Kier alpha value is -3.22. The SMILES string of the molecule is CC(C)C[C@@H]1NC(=O)[C@H](C)NC(=O)[C@H]2CCCN2C(=O)[C@H]([C@@H](C)O)NC(=O)[C@H](CC(=O)O)NC1=O. The fraction of sp³-hybridized carbons (Fsp3) is 0.727. The van der Waals surface area contributed by atoms with E-state index in [1.807, 2.05) is 13.8 Å². The van der Waals surface area contributed by atoms with Crippen LogP contribution in [0.15, 0.2) is 0 Å². The third kappa shape index (κ3) is 7.38. The van der Waals surface area contributed by atoms with E-state index in [-0.39, 0.29) is 18.9 Å². The molecule has 0 bridgehead atoms. The number of hydrogen-bond donors (Lipinski definition) is 6. The van der Waals surface area contributed by atoms with E-state index in [0.29, 0.717) is 12.8 Å². The zero-order valence-corrected chi connectivity index (χ0v) is 20.4. The van der Waals surface area contributed by atoms with E-state index >= 15 is 0 Å². The lowest BCUT2D eigenvalue weighted by Gasteiger charge is -2.31. The van der Waals surface area contributed by atoms with Crippen molar-refractivity contribution in [1.82, 2.24) is 26.2 Å². The van der Waals surface area contributed by atoms with Gasteiger partial charge in [0, 0.05) is 6.54 Å². The molecule has 196 valence electrons. The van der Waals surface area contributed by atoms with Crippen LogP contribution < -0.4 is 21.3 Å². The van der Waals surface area contributed by atoms with Crippen molar-refractivity contribution >= 4 is 35.5 Å². The summed E-state index contributed by atoms with van der Waals surface area (Å²) in [5.74, 6) is -5.15. The fourth-order valence-corrected chi connectivity index (χ4v) is 4.16. The van der Waals surface area contributed by atoms with E-state index in [1.54, 1.807) is 0 Å². The van der Waals surface area contributed by atoms with Gasteiger partial charge in [0.05, 0.1) is 12.5 Å². The Morgan fingerprint density at radius 1 is 0.943 bits per heavy atom. The van der Waals surface area contributed by atoms with Gasteiger partial charge in [0.25, 0.3) is 0 Å². The maximum Gasteiger partial charge on any atom is 0.305 e. The fourth-order valence-electron chi connectivity index (χ4n) is 4.16. The van der Waals surface area contributed by atoms with Crippen molar-refractivity contribution in [3.8, 4) is 0 Å². The van der Waals surface area contributed by atoms with Crippen LogP contribution in [-0.4, -0.2) is 93.5 Å². The Morgan fingerprint density at radius 2 is 1.54 bits per heavy atom. The Kier molecular flexibility index (Phi) is 9.57. The minimum atomic E-state index is -1.57. The third-order valence-electron chi connectivity index (χ3n) is 5.99. The summed E-state index contributed by atoms with van der Waals surface area (Å²) >= 11 is 0. The molecular formula is C22H35N5O8. The molecule has 5 amide bonds. The molecule has 2 heterocycles. The Labute approximate surface area is 203 Å². The predicted octanol–water partition coefficient (Wildman–Crippen LogP) is -2.15. The highest BCUT2D eigenvalue weighted by molar-refractivity contribution is 5.98. The quantitative estimate of drug-likeness (QED) is 0.247. The van der Waals surface area contributed by atoms with E-state index in [4.69, 9.17) is 0 Å². The Morgan fingerprint density at radius 3 is 2.11 bits per heavy atom. The summed E-state index contributed by atoms with van der Waals surface area (Å²) in [7, 11) is 0. The molecule has 0 aromatic carbocycles. The number of fused-ring (bicyclic) bond motifs is 1. The van der Waals surface area contributed by atoms with Crippen LogP contribution in [0.2, 0.25) is 0 Å². The van der Waals surface area contributed by atoms with Gasteiger partial charge in [-0.1, -0.05) is 13.8 Å². The molecule has 0 saturated carbocycles. The lowest BCUT2D eigenvalue weighted by atomic mass is 10.0. The minimum absolute atomic E-state index is 0.0472. The summed E-state index contributed by atoms with van der Waals surface area (Å²) in [6.45, 7) is 6.54. The Balaban J connectivity index is 2.48. The molecule has 2 aliphatic rings. The predicted molar refractivity (Wildman–Crippen MR) is 122 cm³/mol. The molecule has 35 heavy (non-hydrogen) atoms. The second-order valence-electron chi connectivity index (χ2n) is 9.50. The molecule has 13 heteroatoms. The zero-order chi connectivity index (χ0) is 26.4. The van der Waals surface area contributed by atoms with Gasteiger partial charge >= 0.3 is 5.97 Å². The molecule has 0 radical (unpaired) electrons. The van der Waals surface area contributed by atoms with Gasteiger partial charge in [0.2, 0.25) is 29.5 Å². The van der Waals surface area contributed by atoms with E-state index < -0.39 is 78.2 Å². The maximum absolute atomic E-state index is 13.2. The minimum Gasteiger partial charge on any atom is -0.481 e. The lowest BCUT2D eigenvalue weighted by Crippen LogP contribution is -2.60. The molecule has 2 rings (SSSR count). The molecule has 6 atom stereocenters. The summed E-state index contributed by atoms with van der Waals surface area (Å²) < 4.78 is 0.